The maximum atomic E-state index is 10.5. The van der Waals surface area contributed by atoms with Gasteiger partial charge in [-0.2, -0.15) is 0 Å². The Morgan fingerprint density at radius 1 is 1.67 bits per heavy atom. The first-order chi connectivity index (χ1) is 6.99. The number of carboxylic acids is 1. The van der Waals surface area contributed by atoms with Gasteiger partial charge >= 0.3 is 5.97 Å². The van der Waals surface area contributed by atoms with E-state index in [0.717, 1.165) is 4.88 Å². The Kier molecular flexibility index (Phi) is 4.57. The Bertz CT molecular complexity index is 340. The van der Waals surface area contributed by atoms with Crippen LogP contribution in [-0.2, 0) is 4.79 Å². The third-order valence-electron chi connectivity index (χ3n) is 2.14. The maximum absolute atomic E-state index is 10.5. The Hall–Kier alpha value is -0.580. The summed E-state index contributed by atoms with van der Waals surface area (Å²) in [5, 5.41) is 8.61. The van der Waals surface area contributed by atoms with E-state index in [1.165, 1.54) is 11.3 Å². The molecule has 3 N–H and O–H groups in total. The van der Waals surface area contributed by atoms with Gasteiger partial charge in [0.15, 0.2) is 0 Å². The van der Waals surface area contributed by atoms with Crippen LogP contribution in [-0.4, -0.2) is 11.1 Å². The molecular formula is C10H14ClNO2S. The summed E-state index contributed by atoms with van der Waals surface area (Å²) in [5.41, 5.74) is 5.94. The fourth-order valence-electron chi connectivity index (χ4n) is 1.46. The van der Waals surface area contributed by atoms with Gasteiger partial charge in [0, 0.05) is 17.3 Å². The monoisotopic (exact) mass is 247 g/mol. The minimum atomic E-state index is -0.779. The average Bonchev–Trinajstić information content (AvgIpc) is 2.49. The molecule has 2 atom stereocenters. The van der Waals surface area contributed by atoms with Gasteiger partial charge in [-0.05, 0) is 24.5 Å². The number of aliphatic carboxylic acids is 1. The number of thiophene rings is 1. The molecule has 0 spiro atoms. The molecule has 0 aliphatic carbocycles. The summed E-state index contributed by atoms with van der Waals surface area (Å²) in [5.74, 6) is -0.697. The molecule has 0 saturated heterocycles. The van der Waals surface area contributed by atoms with Crippen molar-refractivity contribution in [3.8, 4) is 0 Å². The molecular weight excluding hydrogens is 234 g/mol. The molecule has 0 aliphatic heterocycles. The molecule has 1 rings (SSSR count). The second-order valence-corrected chi connectivity index (χ2v) is 5.43. The van der Waals surface area contributed by atoms with Crippen LogP contribution >= 0.6 is 22.9 Å². The van der Waals surface area contributed by atoms with E-state index in [1.807, 2.05) is 19.1 Å². The third kappa shape index (κ3) is 4.20. The number of halogens is 1. The van der Waals surface area contributed by atoms with Crippen molar-refractivity contribution in [2.45, 2.75) is 25.8 Å². The highest BCUT2D eigenvalue weighted by molar-refractivity contribution is 7.16. The molecule has 0 radical (unpaired) electrons. The van der Waals surface area contributed by atoms with E-state index in [9.17, 15) is 4.79 Å². The van der Waals surface area contributed by atoms with Gasteiger partial charge < -0.3 is 10.8 Å². The van der Waals surface area contributed by atoms with Crippen LogP contribution in [0, 0.1) is 5.92 Å². The molecule has 2 unspecified atom stereocenters. The lowest BCUT2D eigenvalue weighted by molar-refractivity contribution is -0.138. The normalized spacial score (nSPS) is 14.9. The van der Waals surface area contributed by atoms with Crippen LogP contribution < -0.4 is 5.73 Å². The van der Waals surface area contributed by atoms with Crippen molar-refractivity contribution in [1.29, 1.82) is 0 Å². The Morgan fingerprint density at radius 2 is 2.33 bits per heavy atom. The molecule has 3 nitrogen and oxygen atoms in total. The van der Waals surface area contributed by atoms with Gasteiger partial charge in [0.2, 0.25) is 0 Å². The van der Waals surface area contributed by atoms with Crippen molar-refractivity contribution in [1.82, 2.24) is 0 Å². The molecule has 0 saturated carbocycles. The summed E-state index contributed by atoms with van der Waals surface area (Å²) in [6, 6.07) is 3.59. The lowest BCUT2D eigenvalue weighted by Crippen LogP contribution is -2.14. The van der Waals surface area contributed by atoms with E-state index in [-0.39, 0.29) is 18.4 Å². The van der Waals surface area contributed by atoms with E-state index in [0.29, 0.717) is 10.8 Å². The molecule has 15 heavy (non-hydrogen) atoms. The minimum absolute atomic E-state index is 0.0818. The predicted molar refractivity (Wildman–Crippen MR) is 62.3 cm³/mol. The highest BCUT2D eigenvalue weighted by Gasteiger charge is 2.15. The second kappa shape index (κ2) is 5.49. The molecule has 0 amide bonds. The van der Waals surface area contributed by atoms with Crippen molar-refractivity contribution in [3.63, 3.8) is 0 Å². The first-order valence-corrected chi connectivity index (χ1v) is 5.91. The molecule has 5 heteroatoms. The Balaban J connectivity index is 2.48. The van der Waals surface area contributed by atoms with Crippen molar-refractivity contribution < 1.29 is 9.90 Å². The van der Waals surface area contributed by atoms with E-state index in [2.05, 4.69) is 0 Å². The highest BCUT2D eigenvalue weighted by atomic mass is 35.5. The molecule has 84 valence electrons. The minimum Gasteiger partial charge on any atom is -0.481 e. The first-order valence-electron chi connectivity index (χ1n) is 4.71. The average molecular weight is 248 g/mol. The molecule has 0 bridgehead atoms. The van der Waals surface area contributed by atoms with Crippen LogP contribution in [0.1, 0.15) is 30.7 Å². The fourth-order valence-corrected chi connectivity index (χ4v) is 2.53. The van der Waals surface area contributed by atoms with Gasteiger partial charge in [-0.25, -0.2) is 0 Å². The maximum Gasteiger partial charge on any atom is 0.303 e. The van der Waals surface area contributed by atoms with E-state index in [1.54, 1.807) is 0 Å². The van der Waals surface area contributed by atoms with Crippen LogP contribution in [0.2, 0.25) is 4.34 Å². The number of nitrogens with two attached hydrogens (primary N) is 1. The number of hydrogen-bond donors (Lipinski definition) is 2. The van der Waals surface area contributed by atoms with Crippen molar-refractivity contribution >= 4 is 28.9 Å². The Labute approximate surface area is 97.9 Å². The third-order valence-corrected chi connectivity index (χ3v) is 3.50. The van der Waals surface area contributed by atoms with Crippen LogP contribution in [0.25, 0.3) is 0 Å². The van der Waals surface area contributed by atoms with Gasteiger partial charge in [0.05, 0.1) is 4.34 Å². The second-order valence-electron chi connectivity index (χ2n) is 3.69. The topological polar surface area (TPSA) is 63.3 Å². The lowest BCUT2D eigenvalue weighted by atomic mass is 9.98. The van der Waals surface area contributed by atoms with Gasteiger partial charge in [-0.1, -0.05) is 18.5 Å². The van der Waals surface area contributed by atoms with Gasteiger partial charge in [0.25, 0.3) is 0 Å². The largest absolute Gasteiger partial charge is 0.481 e. The molecule has 0 aliphatic rings. The standard InChI is InChI=1S/C10H14ClNO2S/c1-6(5-10(13)14)4-7(12)8-2-3-9(11)15-8/h2-3,6-7H,4-5,12H2,1H3,(H,13,14). The van der Waals surface area contributed by atoms with E-state index in [4.69, 9.17) is 22.4 Å². The Morgan fingerprint density at radius 3 is 2.80 bits per heavy atom. The molecule has 0 fully saturated rings. The van der Waals surface area contributed by atoms with E-state index >= 15 is 0 Å². The number of carboxylic acid groups (broad SMARTS) is 1. The summed E-state index contributed by atoms with van der Waals surface area (Å²) in [6.07, 6.45) is 0.829. The summed E-state index contributed by atoms with van der Waals surface area (Å²) in [4.78, 5) is 11.5. The van der Waals surface area contributed by atoms with Crippen molar-refractivity contribution in [2.75, 3.05) is 0 Å². The van der Waals surface area contributed by atoms with Crippen molar-refractivity contribution in [2.24, 2.45) is 11.7 Å². The van der Waals surface area contributed by atoms with E-state index < -0.39 is 5.97 Å². The highest BCUT2D eigenvalue weighted by Crippen LogP contribution is 2.29. The van der Waals surface area contributed by atoms with Gasteiger partial charge in [-0.15, -0.1) is 11.3 Å². The fraction of sp³-hybridized carbons (Fsp3) is 0.500. The smallest absolute Gasteiger partial charge is 0.303 e. The zero-order valence-electron chi connectivity index (χ0n) is 8.44. The number of hydrogen-bond acceptors (Lipinski definition) is 3. The molecule has 0 aromatic carbocycles. The summed E-state index contributed by atoms with van der Waals surface area (Å²) < 4.78 is 0.714. The molecule has 1 aromatic rings. The van der Waals surface area contributed by atoms with Crippen LogP contribution in [0.3, 0.4) is 0 Å². The van der Waals surface area contributed by atoms with Crippen LogP contribution in [0.15, 0.2) is 12.1 Å². The summed E-state index contributed by atoms with van der Waals surface area (Å²) in [7, 11) is 0. The first kappa shape index (κ1) is 12.5. The predicted octanol–water partition coefficient (Wildman–Crippen LogP) is 2.90. The number of rotatable bonds is 5. The SMILES string of the molecule is CC(CC(=O)O)CC(N)c1ccc(Cl)s1. The van der Waals surface area contributed by atoms with Gasteiger partial charge in [0.1, 0.15) is 0 Å². The van der Waals surface area contributed by atoms with Crippen LogP contribution in [0.4, 0.5) is 0 Å². The summed E-state index contributed by atoms with van der Waals surface area (Å²) in [6.45, 7) is 1.89. The zero-order valence-corrected chi connectivity index (χ0v) is 10.0. The number of carbonyl (C=O) groups is 1. The lowest BCUT2D eigenvalue weighted by Gasteiger charge is -2.14. The zero-order chi connectivity index (χ0) is 11.4. The quantitative estimate of drug-likeness (QED) is 0.841. The molecule has 1 aromatic heterocycles. The molecule has 1 heterocycles. The summed E-state index contributed by atoms with van der Waals surface area (Å²) >= 11 is 7.24. The van der Waals surface area contributed by atoms with Crippen LogP contribution in [0.5, 0.6) is 0 Å². The van der Waals surface area contributed by atoms with Crippen molar-refractivity contribution in [3.05, 3.63) is 21.3 Å². The van der Waals surface area contributed by atoms with Gasteiger partial charge in [-0.3, -0.25) is 4.79 Å².